The number of rotatable bonds is 5. The van der Waals surface area contributed by atoms with Gasteiger partial charge in [-0.15, -0.1) is 0 Å². The molecule has 2 aliphatic heterocycles. The minimum Gasteiger partial charge on any atom is -0.398 e. The second-order valence-electron chi connectivity index (χ2n) is 12.6. The number of carbonyl (C=O) groups is 1. The zero-order chi connectivity index (χ0) is 27.8. The van der Waals surface area contributed by atoms with Gasteiger partial charge in [0.2, 0.25) is 5.91 Å². The average molecular weight is 539 g/mol. The summed E-state index contributed by atoms with van der Waals surface area (Å²) in [6, 6.07) is 2.03. The number of nitrogen functional groups attached to an aromatic ring is 1. The molecule has 1 aromatic heterocycles. The molecule has 2 saturated heterocycles. The fraction of sp³-hybridized carbons (Fsp3) is 0.552. The van der Waals surface area contributed by atoms with Crippen molar-refractivity contribution in [2.75, 3.05) is 30.3 Å². The third-order valence-electron chi connectivity index (χ3n) is 8.94. The summed E-state index contributed by atoms with van der Waals surface area (Å²) in [4.78, 5) is 16.1. The summed E-state index contributed by atoms with van der Waals surface area (Å²) in [7, 11) is 0. The predicted octanol–water partition coefficient (Wildman–Crippen LogP) is 4.88. The standard InChI is InChI=1S/C29H39ClN6O2/c1-7-22(37)34-15-29(16-34)11-19(12-29)36-18(3)23(24-20(13-31)21(32)10-17(2)25(24)30)26(33-36)35-9-8-28(6,38)14-27(35,4)5/h7,10,13,19,31,38H,1,8-9,11-12,14-16,32H2,2-6H3. The molecule has 4 N–H and O–H groups in total. The molecule has 3 fully saturated rings. The lowest BCUT2D eigenvalue weighted by Crippen LogP contribution is -2.63. The monoisotopic (exact) mass is 538 g/mol. The first-order chi connectivity index (χ1) is 17.7. The Bertz CT molecular complexity index is 1330. The average Bonchev–Trinajstić information content (AvgIpc) is 3.08. The van der Waals surface area contributed by atoms with E-state index in [1.54, 1.807) is 0 Å². The Hall–Kier alpha value is -2.84. The highest BCUT2D eigenvalue weighted by atomic mass is 35.5. The van der Waals surface area contributed by atoms with E-state index in [0.29, 0.717) is 35.7 Å². The lowest BCUT2D eigenvalue weighted by molar-refractivity contribution is -0.149. The van der Waals surface area contributed by atoms with E-state index < -0.39 is 5.60 Å². The Morgan fingerprint density at radius 2 is 1.92 bits per heavy atom. The minimum atomic E-state index is -0.747. The molecule has 8 nitrogen and oxygen atoms in total. The largest absolute Gasteiger partial charge is 0.398 e. The topological polar surface area (TPSA) is 111 Å². The van der Waals surface area contributed by atoms with Crippen LogP contribution in [0, 0.1) is 24.7 Å². The summed E-state index contributed by atoms with van der Waals surface area (Å²) in [5.74, 6) is 0.809. The van der Waals surface area contributed by atoms with Crippen molar-refractivity contribution in [1.82, 2.24) is 14.7 Å². The number of amides is 1. The van der Waals surface area contributed by atoms with Gasteiger partial charge in [-0.25, -0.2) is 0 Å². The van der Waals surface area contributed by atoms with Gasteiger partial charge in [0.05, 0.1) is 16.7 Å². The summed E-state index contributed by atoms with van der Waals surface area (Å²) in [5.41, 5.74) is 10.0. The molecule has 1 amide bonds. The molecule has 3 heterocycles. The van der Waals surface area contributed by atoms with Crippen molar-refractivity contribution in [1.29, 1.82) is 5.41 Å². The number of hydrogen-bond acceptors (Lipinski definition) is 6. The maximum absolute atomic E-state index is 12.0. The summed E-state index contributed by atoms with van der Waals surface area (Å²) in [5, 5.41) is 24.9. The molecule has 1 aliphatic carbocycles. The number of carbonyl (C=O) groups excluding carboxylic acids is 1. The molecule has 5 rings (SSSR count). The van der Waals surface area contributed by atoms with Crippen LogP contribution in [0.4, 0.5) is 11.5 Å². The van der Waals surface area contributed by atoms with E-state index in [9.17, 15) is 9.90 Å². The molecule has 1 spiro atoms. The molecule has 1 aromatic carbocycles. The number of piperidine rings is 1. The van der Waals surface area contributed by atoms with Crippen molar-refractivity contribution in [3.8, 4) is 11.1 Å². The number of nitrogens with zero attached hydrogens (tertiary/aromatic N) is 4. The lowest BCUT2D eigenvalue weighted by Gasteiger charge is -2.58. The highest BCUT2D eigenvalue weighted by Gasteiger charge is 2.55. The second kappa shape index (κ2) is 8.85. The molecule has 1 atom stereocenters. The number of aromatic nitrogens is 2. The van der Waals surface area contributed by atoms with Crippen LogP contribution >= 0.6 is 11.6 Å². The second-order valence-corrected chi connectivity index (χ2v) is 13.0. The zero-order valence-corrected chi connectivity index (χ0v) is 23.8. The van der Waals surface area contributed by atoms with Gasteiger partial charge in [0.15, 0.2) is 5.82 Å². The van der Waals surface area contributed by atoms with Crippen molar-refractivity contribution in [2.24, 2.45) is 5.41 Å². The number of halogens is 1. The Balaban J connectivity index is 1.60. The van der Waals surface area contributed by atoms with Crippen LogP contribution in [-0.2, 0) is 4.79 Å². The van der Waals surface area contributed by atoms with Crippen LogP contribution in [0.2, 0.25) is 5.02 Å². The molecular weight excluding hydrogens is 500 g/mol. The number of benzene rings is 1. The third-order valence-corrected chi connectivity index (χ3v) is 9.43. The van der Waals surface area contributed by atoms with Crippen LogP contribution in [0.3, 0.4) is 0 Å². The maximum atomic E-state index is 12.0. The highest BCUT2D eigenvalue weighted by Crippen LogP contribution is 2.56. The van der Waals surface area contributed by atoms with Gasteiger partial charge in [0, 0.05) is 64.9 Å². The van der Waals surface area contributed by atoms with Crippen LogP contribution in [0.15, 0.2) is 18.7 Å². The van der Waals surface area contributed by atoms with Crippen LogP contribution in [0.5, 0.6) is 0 Å². The lowest BCUT2D eigenvalue weighted by atomic mass is 9.60. The molecule has 0 radical (unpaired) electrons. The van der Waals surface area contributed by atoms with Gasteiger partial charge in [0.25, 0.3) is 0 Å². The molecule has 2 aromatic rings. The van der Waals surface area contributed by atoms with Gasteiger partial charge >= 0.3 is 0 Å². The first-order valence-corrected chi connectivity index (χ1v) is 13.7. The van der Waals surface area contributed by atoms with E-state index in [-0.39, 0.29) is 22.9 Å². The molecule has 0 bridgehead atoms. The number of aryl methyl sites for hydroxylation is 1. The number of nitrogens with two attached hydrogens (primary N) is 1. The third kappa shape index (κ3) is 4.13. The van der Waals surface area contributed by atoms with Gasteiger partial charge < -0.3 is 26.0 Å². The molecule has 3 aliphatic rings. The van der Waals surface area contributed by atoms with E-state index in [2.05, 4.69) is 36.9 Å². The molecular formula is C29H39ClN6O2. The minimum absolute atomic E-state index is 0.00650. The number of likely N-dealkylation sites (tertiary alicyclic amines) is 1. The van der Waals surface area contributed by atoms with Crippen molar-refractivity contribution >= 4 is 35.2 Å². The Morgan fingerprint density at radius 3 is 2.50 bits per heavy atom. The zero-order valence-electron chi connectivity index (χ0n) is 23.1. The Kier molecular flexibility index (Phi) is 6.23. The quantitative estimate of drug-likeness (QED) is 0.285. The first kappa shape index (κ1) is 26.8. The number of nitrogens with one attached hydrogen (secondary N) is 1. The normalized spacial score (nSPS) is 24.2. The van der Waals surface area contributed by atoms with Crippen molar-refractivity contribution in [2.45, 2.75) is 77.5 Å². The molecule has 1 saturated carbocycles. The summed E-state index contributed by atoms with van der Waals surface area (Å²) < 4.78 is 2.12. The van der Waals surface area contributed by atoms with Gasteiger partial charge in [0.1, 0.15) is 0 Å². The molecule has 9 heteroatoms. The summed E-state index contributed by atoms with van der Waals surface area (Å²) in [6.07, 6.45) is 5.80. The van der Waals surface area contributed by atoms with Crippen LogP contribution in [0.1, 0.15) is 69.3 Å². The Morgan fingerprint density at radius 1 is 1.26 bits per heavy atom. The number of hydrogen-bond donors (Lipinski definition) is 3. The smallest absolute Gasteiger partial charge is 0.245 e. The number of aliphatic hydroxyl groups is 1. The van der Waals surface area contributed by atoms with Crippen LogP contribution in [0.25, 0.3) is 11.1 Å². The summed E-state index contributed by atoms with van der Waals surface area (Å²) in [6.45, 7) is 16.0. The van der Waals surface area contributed by atoms with Crippen LogP contribution in [-0.4, -0.2) is 62.7 Å². The van der Waals surface area contributed by atoms with Gasteiger partial charge in [-0.1, -0.05) is 18.2 Å². The van der Waals surface area contributed by atoms with E-state index in [0.717, 1.165) is 54.1 Å². The van der Waals surface area contributed by atoms with Gasteiger partial charge in [-0.2, -0.15) is 5.10 Å². The predicted molar refractivity (Wildman–Crippen MR) is 153 cm³/mol. The van der Waals surface area contributed by atoms with E-state index in [1.165, 1.54) is 12.3 Å². The fourth-order valence-electron chi connectivity index (χ4n) is 7.16. The highest BCUT2D eigenvalue weighted by molar-refractivity contribution is 6.35. The van der Waals surface area contributed by atoms with Crippen LogP contribution < -0.4 is 10.6 Å². The van der Waals surface area contributed by atoms with Crippen molar-refractivity contribution in [3.63, 3.8) is 0 Å². The van der Waals surface area contributed by atoms with E-state index in [4.69, 9.17) is 27.8 Å². The molecule has 38 heavy (non-hydrogen) atoms. The SMILES string of the molecule is C=CC(=O)N1CC2(CC(n3nc(N4CCC(C)(O)CC4(C)C)c(-c4c(Cl)c(C)cc(N)c4C=N)c3C)C2)C1. The number of anilines is 2. The fourth-order valence-corrected chi connectivity index (χ4v) is 7.41. The van der Waals surface area contributed by atoms with E-state index >= 15 is 0 Å². The van der Waals surface area contributed by atoms with Crippen molar-refractivity contribution < 1.29 is 9.90 Å². The summed E-state index contributed by atoms with van der Waals surface area (Å²) >= 11 is 6.96. The molecule has 1 unspecified atom stereocenters. The van der Waals surface area contributed by atoms with Crippen molar-refractivity contribution in [3.05, 3.63) is 40.6 Å². The van der Waals surface area contributed by atoms with E-state index in [1.807, 2.05) is 24.8 Å². The van der Waals surface area contributed by atoms with Gasteiger partial charge in [-0.3, -0.25) is 9.48 Å². The van der Waals surface area contributed by atoms with Gasteiger partial charge in [-0.05, 0) is 78.0 Å². The maximum Gasteiger partial charge on any atom is 0.245 e. The first-order valence-electron chi connectivity index (χ1n) is 13.3. The Labute approximate surface area is 229 Å². The molecule has 204 valence electrons.